The smallest absolute Gasteiger partial charge is 0.294 e. The van der Waals surface area contributed by atoms with Gasteiger partial charge in [0, 0.05) is 17.1 Å². The van der Waals surface area contributed by atoms with Crippen LogP contribution in [0, 0.1) is 6.92 Å². The van der Waals surface area contributed by atoms with E-state index < -0.39 is 23.5 Å². The van der Waals surface area contributed by atoms with E-state index >= 15 is 0 Å². The lowest BCUT2D eigenvalue weighted by molar-refractivity contribution is -0.117. The Morgan fingerprint density at radius 2 is 1.89 bits per heavy atom. The van der Waals surface area contributed by atoms with E-state index in [1.165, 1.54) is 12.0 Å². The Hall–Kier alpha value is -4.46. The van der Waals surface area contributed by atoms with Crippen LogP contribution >= 0.6 is 0 Å². The third kappa shape index (κ3) is 3.73. The molecule has 0 aliphatic carbocycles. The number of aryl methyl sites for hydroxylation is 1. The highest BCUT2D eigenvalue weighted by Crippen LogP contribution is 2.43. The van der Waals surface area contributed by atoms with Crippen molar-refractivity contribution in [3.63, 3.8) is 0 Å². The molecule has 0 spiro atoms. The van der Waals surface area contributed by atoms with Crippen LogP contribution in [-0.4, -0.2) is 30.5 Å². The molecule has 3 heterocycles. The molecule has 1 unspecified atom stereocenters. The van der Waals surface area contributed by atoms with Crippen molar-refractivity contribution in [3.05, 3.63) is 89.3 Å². The van der Waals surface area contributed by atoms with Crippen molar-refractivity contribution >= 4 is 28.3 Å². The number of ether oxygens (including phenoxy) is 2. The van der Waals surface area contributed by atoms with Crippen LogP contribution in [0.25, 0.3) is 11.0 Å². The summed E-state index contributed by atoms with van der Waals surface area (Å²) in [6.45, 7) is 4.06. The molecule has 0 saturated heterocycles. The van der Waals surface area contributed by atoms with Crippen LogP contribution in [0.4, 0.5) is 5.69 Å². The molecule has 4 aromatic rings. The van der Waals surface area contributed by atoms with Crippen LogP contribution in [0.5, 0.6) is 11.5 Å². The molecule has 178 valence electrons. The van der Waals surface area contributed by atoms with Crippen LogP contribution in [0.2, 0.25) is 0 Å². The lowest BCUT2D eigenvalue weighted by Crippen LogP contribution is -2.30. The van der Waals surface area contributed by atoms with E-state index in [1.54, 1.807) is 67.6 Å². The number of para-hydroxylation sites is 1. The number of anilines is 1. The van der Waals surface area contributed by atoms with Gasteiger partial charge in [-0.15, -0.1) is 0 Å². The quantitative estimate of drug-likeness (QED) is 0.352. The van der Waals surface area contributed by atoms with Gasteiger partial charge in [-0.25, -0.2) is 0 Å². The number of ketones is 1. The predicted octanol–water partition coefficient (Wildman–Crippen LogP) is 5.52. The van der Waals surface area contributed by atoms with Crippen LogP contribution < -0.4 is 14.4 Å². The van der Waals surface area contributed by atoms with E-state index in [0.29, 0.717) is 46.3 Å². The number of methoxy groups -OCH3 is 1. The number of nitrogens with zero attached hydrogens (tertiary/aromatic N) is 1. The average Bonchev–Trinajstić information content (AvgIpc) is 3.55. The molecule has 0 saturated carbocycles. The highest BCUT2D eigenvalue weighted by Gasteiger charge is 2.47. The van der Waals surface area contributed by atoms with Crippen molar-refractivity contribution in [3.8, 4) is 11.5 Å². The standard InChI is InChI=1S/C27H23NO7/c1-4-33-18-9-6-8-17(14-18)28-23(19-12-11-15(2)34-19)22(25(30)27(28)31)24(29)21-13-16-7-5-10-20(32-3)26(16)35-21/h5-14,23,30H,4H2,1-3H3. The summed E-state index contributed by atoms with van der Waals surface area (Å²) in [6.07, 6.45) is 0. The topological polar surface area (TPSA) is 102 Å². The summed E-state index contributed by atoms with van der Waals surface area (Å²) >= 11 is 0. The van der Waals surface area contributed by atoms with E-state index in [4.69, 9.17) is 18.3 Å². The molecule has 2 aromatic heterocycles. The Kier molecular flexibility index (Phi) is 5.56. The Balaban J connectivity index is 1.63. The van der Waals surface area contributed by atoms with Gasteiger partial charge in [0.1, 0.15) is 23.3 Å². The van der Waals surface area contributed by atoms with E-state index in [-0.39, 0.29) is 11.3 Å². The molecule has 1 atom stereocenters. The van der Waals surface area contributed by atoms with Gasteiger partial charge in [0.05, 0.1) is 19.3 Å². The highest BCUT2D eigenvalue weighted by atomic mass is 16.5. The number of benzene rings is 2. The third-order valence-corrected chi connectivity index (χ3v) is 5.84. The number of Topliss-reactive ketones (excluding diaryl/α,β-unsaturated/α-hetero) is 1. The molecule has 0 bridgehead atoms. The molecular formula is C27H23NO7. The fraction of sp³-hybridized carbons (Fsp3) is 0.185. The number of aliphatic hydroxyl groups is 1. The van der Waals surface area contributed by atoms with E-state index in [1.807, 2.05) is 6.92 Å². The lowest BCUT2D eigenvalue weighted by Gasteiger charge is -2.25. The number of hydrogen-bond acceptors (Lipinski definition) is 7. The summed E-state index contributed by atoms with van der Waals surface area (Å²) in [5.41, 5.74) is 0.708. The largest absolute Gasteiger partial charge is 0.503 e. The van der Waals surface area contributed by atoms with Gasteiger partial charge >= 0.3 is 0 Å². The van der Waals surface area contributed by atoms with E-state index in [0.717, 1.165) is 0 Å². The van der Waals surface area contributed by atoms with Gasteiger partial charge in [0.15, 0.2) is 22.9 Å². The molecule has 1 aliphatic rings. The highest BCUT2D eigenvalue weighted by molar-refractivity contribution is 6.20. The number of aliphatic hydroxyl groups excluding tert-OH is 1. The molecule has 0 fully saturated rings. The number of carbonyl (C=O) groups is 2. The maximum Gasteiger partial charge on any atom is 0.294 e. The van der Waals surface area contributed by atoms with Crippen molar-refractivity contribution < 1.29 is 33.0 Å². The van der Waals surface area contributed by atoms with Gasteiger partial charge in [-0.05, 0) is 50.2 Å². The number of rotatable bonds is 7. The minimum atomic E-state index is -1.00. The fourth-order valence-electron chi connectivity index (χ4n) is 4.30. The first kappa shape index (κ1) is 22.3. The fourth-order valence-corrected chi connectivity index (χ4v) is 4.30. The van der Waals surface area contributed by atoms with E-state index in [9.17, 15) is 14.7 Å². The molecule has 5 rings (SSSR count). The maximum absolute atomic E-state index is 13.7. The van der Waals surface area contributed by atoms with Crippen molar-refractivity contribution in [1.29, 1.82) is 0 Å². The van der Waals surface area contributed by atoms with Crippen molar-refractivity contribution in [2.45, 2.75) is 19.9 Å². The van der Waals surface area contributed by atoms with Gasteiger partial charge in [-0.1, -0.05) is 18.2 Å². The van der Waals surface area contributed by atoms with Gasteiger partial charge in [-0.2, -0.15) is 0 Å². The summed E-state index contributed by atoms with van der Waals surface area (Å²) in [7, 11) is 1.51. The second kappa shape index (κ2) is 8.72. The molecule has 2 aromatic carbocycles. The van der Waals surface area contributed by atoms with Crippen molar-refractivity contribution in [2.75, 3.05) is 18.6 Å². The van der Waals surface area contributed by atoms with Crippen LogP contribution in [0.1, 0.15) is 35.0 Å². The number of hydrogen-bond donors (Lipinski definition) is 1. The first-order chi connectivity index (χ1) is 16.9. The van der Waals surface area contributed by atoms with Crippen LogP contribution in [0.15, 0.2) is 80.8 Å². The molecule has 8 heteroatoms. The SMILES string of the molecule is CCOc1cccc(N2C(=O)C(O)=C(C(=O)c3cc4cccc(OC)c4o3)C2c2ccc(C)o2)c1. The molecule has 35 heavy (non-hydrogen) atoms. The number of amides is 1. The van der Waals surface area contributed by atoms with E-state index in [2.05, 4.69) is 0 Å². The van der Waals surface area contributed by atoms with Gasteiger partial charge in [-0.3, -0.25) is 14.5 Å². The first-order valence-electron chi connectivity index (χ1n) is 11.1. The normalized spacial score (nSPS) is 15.8. The molecule has 1 amide bonds. The summed E-state index contributed by atoms with van der Waals surface area (Å²) in [4.78, 5) is 28.4. The number of fused-ring (bicyclic) bond motifs is 1. The number of furan rings is 2. The van der Waals surface area contributed by atoms with Crippen molar-refractivity contribution in [1.82, 2.24) is 0 Å². The zero-order valence-corrected chi connectivity index (χ0v) is 19.4. The van der Waals surface area contributed by atoms with Crippen LogP contribution in [0.3, 0.4) is 0 Å². The first-order valence-corrected chi connectivity index (χ1v) is 11.1. The summed E-state index contributed by atoms with van der Waals surface area (Å²) < 4.78 is 22.6. The zero-order chi connectivity index (χ0) is 24.7. The monoisotopic (exact) mass is 473 g/mol. The predicted molar refractivity (Wildman–Crippen MR) is 128 cm³/mol. The van der Waals surface area contributed by atoms with Gasteiger partial charge < -0.3 is 23.4 Å². The summed E-state index contributed by atoms with van der Waals surface area (Å²) in [6, 6.07) is 16.1. The second-order valence-electron chi connectivity index (χ2n) is 8.04. The third-order valence-electron chi connectivity index (χ3n) is 5.84. The molecule has 0 radical (unpaired) electrons. The Morgan fingerprint density at radius 1 is 1.09 bits per heavy atom. The van der Waals surface area contributed by atoms with Crippen LogP contribution in [-0.2, 0) is 4.79 Å². The lowest BCUT2D eigenvalue weighted by atomic mass is 9.99. The van der Waals surface area contributed by atoms with Gasteiger partial charge in [0.2, 0.25) is 5.78 Å². The Labute approximate surface area is 201 Å². The zero-order valence-electron chi connectivity index (χ0n) is 19.4. The average molecular weight is 473 g/mol. The molecule has 1 N–H and O–H groups in total. The minimum absolute atomic E-state index is 0.0305. The minimum Gasteiger partial charge on any atom is -0.503 e. The Bertz CT molecular complexity index is 1480. The van der Waals surface area contributed by atoms with Crippen molar-refractivity contribution in [2.24, 2.45) is 0 Å². The molecule has 1 aliphatic heterocycles. The van der Waals surface area contributed by atoms with Gasteiger partial charge in [0.25, 0.3) is 5.91 Å². The second-order valence-corrected chi connectivity index (χ2v) is 8.04. The molecular weight excluding hydrogens is 450 g/mol. The molecule has 8 nitrogen and oxygen atoms in total. The summed E-state index contributed by atoms with van der Waals surface area (Å²) in [5, 5.41) is 11.6. The Morgan fingerprint density at radius 3 is 2.60 bits per heavy atom. The number of carbonyl (C=O) groups excluding carboxylic acids is 2. The maximum atomic E-state index is 13.7. The summed E-state index contributed by atoms with van der Waals surface area (Å²) in [5.74, 6) is -0.0989.